The number of hydrogen-bond acceptors (Lipinski definition) is 7. The van der Waals surface area contributed by atoms with Gasteiger partial charge in [0, 0.05) is 5.69 Å². The molecule has 0 bridgehead atoms. The van der Waals surface area contributed by atoms with Crippen LogP contribution in [-0.4, -0.2) is 26.9 Å². The van der Waals surface area contributed by atoms with E-state index in [0.29, 0.717) is 43.6 Å². The van der Waals surface area contributed by atoms with Crippen molar-refractivity contribution in [3.8, 4) is 0 Å². The van der Waals surface area contributed by atoms with E-state index in [4.69, 9.17) is 10.3 Å². The van der Waals surface area contributed by atoms with Crippen LogP contribution in [0, 0.1) is 20.8 Å². The average molecular weight is 345 g/mol. The fraction of sp³-hybridized carbons (Fsp3) is 0.267. The number of primary amides is 1. The third kappa shape index (κ3) is 2.85. The molecule has 2 amide bonds. The molecule has 3 heterocycles. The molecule has 3 aromatic rings. The number of amides is 2. The van der Waals surface area contributed by atoms with Crippen LogP contribution in [0.1, 0.15) is 42.1 Å². The van der Waals surface area contributed by atoms with Gasteiger partial charge in [0.05, 0.1) is 28.9 Å². The highest BCUT2D eigenvalue weighted by molar-refractivity contribution is 7.13. The van der Waals surface area contributed by atoms with Crippen LogP contribution in [0.15, 0.2) is 10.6 Å². The van der Waals surface area contributed by atoms with E-state index in [1.54, 1.807) is 26.8 Å². The normalized spacial score (nSPS) is 11.0. The van der Waals surface area contributed by atoms with Gasteiger partial charge in [0.15, 0.2) is 0 Å². The zero-order valence-electron chi connectivity index (χ0n) is 13.3. The average Bonchev–Trinajstić information content (AvgIpc) is 3.07. The second-order valence-electron chi connectivity index (χ2n) is 5.33. The number of nitrogens with one attached hydrogen (secondary N) is 1. The van der Waals surface area contributed by atoms with Crippen LogP contribution >= 0.6 is 11.3 Å². The van der Waals surface area contributed by atoms with Gasteiger partial charge >= 0.3 is 0 Å². The summed E-state index contributed by atoms with van der Waals surface area (Å²) in [6, 6.07) is 1.68. The van der Waals surface area contributed by atoms with E-state index in [1.165, 1.54) is 11.3 Å². The van der Waals surface area contributed by atoms with Crippen molar-refractivity contribution in [3.05, 3.63) is 38.6 Å². The first-order valence-corrected chi connectivity index (χ1v) is 7.96. The van der Waals surface area contributed by atoms with Crippen molar-refractivity contribution in [2.45, 2.75) is 27.3 Å². The first kappa shape index (κ1) is 16.1. The minimum atomic E-state index is -0.519. The Morgan fingerprint density at radius 1 is 1.25 bits per heavy atom. The maximum Gasteiger partial charge on any atom is 0.260 e. The summed E-state index contributed by atoms with van der Waals surface area (Å²) in [7, 11) is 0. The van der Waals surface area contributed by atoms with Gasteiger partial charge in [-0.15, -0.1) is 11.3 Å². The highest BCUT2D eigenvalue weighted by Gasteiger charge is 2.18. The Morgan fingerprint density at radius 2 is 2.00 bits per heavy atom. The van der Waals surface area contributed by atoms with E-state index in [0.717, 1.165) is 0 Å². The highest BCUT2D eigenvalue weighted by Crippen LogP contribution is 2.22. The summed E-state index contributed by atoms with van der Waals surface area (Å²) >= 11 is 1.17. The minimum absolute atomic E-state index is 0.199. The van der Waals surface area contributed by atoms with Crippen LogP contribution in [0.4, 0.5) is 0 Å². The summed E-state index contributed by atoms with van der Waals surface area (Å²) in [5, 5.41) is 7.84. The molecule has 0 aromatic carbocycles. The Bertz CT molecular complexity index is 960. The van der Waals surface area contributed by atoms with Crippen molar-refractivity contribution in [2.24, 2.45) is 5.73 Å². The number of fused-ring (bicyclic) bond motifs is 1. The number of aryl methyl sites for hydroxylation is 3. The van der Waals surface area contributed by atoms with Crippen molar-refractivity contribution in [1.29, 1.82) is 0 Å². The first-order chi connectivity index (χ1) is 11.4. The van der Waals surface area contributed by atoms with Crippen molar-refractivity contribution in [3.63, 3.8) is 0 Å². The topological polar surface area (TPSA) is 124 Å². The van der Waals surface area contributed by atoms with Gasteiger partial charge in [0.25, 0.3) is 17.5 Å². The van der Waals surface area contributed by atoms with Gasteiger partial charge in [0.2, 0.25) is 0 Å². The van der Waals surface area contributed by atoms with Gasteiger partial charge in [-0.05, 0) is 26.8 Å². The molecule has 0 spiro atoms. The lowest BCUT2D eigenvalue weighted by molar-refractivity contribution is 0.0951. The second-order valence-corrected chi connectivity index (χ2v) is 6.41. The molecule has 0 aliphatic carbocycles. The standard InChI is InChI=1S/C15H15N5O3S/c1-6-4-9(11-7(2)20-23-15(11)18-6)14(22)17-5-10-19-8(3)12(24-10)13(16)21/h4H,5H2,1-3H3,(H2,16,21)(H,17,22). The molecule has 3 rings (SSSR count). The number of carbonyl (C=O) groups is 2. The molecule has 0 fully saturated rings. The van der Waals surface area contributed by atoms with Crippen molar-refractivity contribution < 1.29 is 14.1 Å². The summed E-state index contributed by atoms with van der Waals surface area (Å²) in [6.45, 7) is 5.43. The summed E-state index contributed by atoms with van der Waals surface area (Å²) < 4.78 is 5.13. The van der Waals surface area contributed by atoms with E-state index in [-0.39, 0.29) is 12.5 Å². The predicted octanol–water partition coefficient (Wildman–Crippen LogP) is 1.63. The van der Waals surface area contributed by atoms with Crippen molar-refractivity contribution >= 4 is 34.3 Å². The molecule has 3 N–H and O–H groups in total. The summed E-state index contributed by atoms with van der Waals surface area (Å²) in [6.07, 6.45) is 0. The summed E-state index contributed by atoms with van der Waals surface area (Å²) in [5.41, 5.74) is 7.88. The first-order valence-electron chi connectivity index (χ1n) is 7.14. The van der Waals surface area contributed by atoms with Gasteiger partial charge in [-0.3, -0.25) is 9.59 Å². The predicted molar refractivity (Wildman–Crippen MR) is 87.8 cm³/mol. The smallest absolute Gasteiger partial charge is 0.260 e. The van der Waals surface area contributed by atoms with Gasteiger partial charge in [0.1, 0.15) is 9.88 Å². The lowest BCUT2D eigenvalue weighted by Gasteiger charge is -2.05. The Morgan fingerprint density at radius 3 is 2.67 bits per heavy atom. The number of thiazole rings is 1. The molecule has 0 radical (unpaired) electrons. The molecule has 0 unspecified atom stereocenters. The molecule has 8 nitrogen and oxygen atoms in total. The third-order valence-electron chi connectivity index (χ3n) is 3.45. The van der Waals surface area contributed by atoms with E-state index >= 15 is 0 Å². The van der Waals surface area contributed by atoms with E-state index < -0.39 is 5.91 Å². The van der Waals surface area contributed by atoms with Gasteiger partial charge in [-0.2, -0.15) is 0 Å². The Labute approximate surface area is 141 Å². The van der Waals surface area contributed by atoms with Crippen LogP contribution < -0.4 is 11.1 Å². The molecular weight excluding hydrogens is 330 g/mol. The Kier molecular flexibility index (Phi) is 4.02. The number of aromatic nitrogens is 3. The van der Waals surface area contributed by atoms with Crippen LogP contribution in [0.25, 0.3) is 11.1 Å². The monoisotopic (exact) mass is 345 g/mol. The Balaban J connectivity index is 1.84. The SMILES string of the molecule is Cc1cc(C(=O)NCc2nc(C)c(C(N)=O)s2)c2c(C)noc2n1. The van der Waals surface area contributed by atoms with Crippen LogP contribution in [0.2, 0.25) is 0 Å². The molecule has 0 atom stereocenters. The van der Waals surface area contributed by atoms with Gasteiger partial charge in [-0.25, -0.2) is 9.97 Å². The molecule has 0 aliphatic heterocycles. The number of nitrogens with zero attached hydrogens (tertiary/aromatic N) is 3. The highest BCUT2D eigenvalue weighted by atomic mass is 32.1. The lowest BCUT2D eigenvalue weighted by Crippen LogP contribution is -2.23. The maximum absolute atomic E-state index is 12.5. The van der Waals surface area contributed by atoms with Crippen LogP contribution in [0.5, 0.6) is 0 Å². The molecule has 0 saturated heterocycles. The maximum atomic E-state index is 12.5. The zero-order valence-corrected chi connectivity index (χ0v) is 14.2. The molecule has 9 heteroatoms. The quantitative estimate of drug-likeness (QED) is 0.740. The fourth-order valence-electron chi connectivity index (χ4n) is 2.40. The number of pyridine rings is 1. The van der Waals surface area contributed by atoms with Crippen LogP contribution in [-0.2, 0) is 6.54 Å². The third-order valence-corrected chi connectivity index (χ3v) is 4.63. The van der Waals surface area contributed by atoms with E-state index in [2.05, 4.69) is 20.4 Å². The van der Waals surface area contributed by atoms with E-state index in [9.17, 15) is 9.59 Å². The number of carbonyl (C=O) groups excluding carboxylic acids is 2. The molecule has 24 heavy (non-hydrogen) atoms. The fourth-order valence-corrected chi connectivity index (χ4v) is 3.26. The number of hydrogen-bond donors (Lipinski definition) is 2. The number of nitrogens with two attached hydrogens (primary N) is 1. The largest absolute Gasteiger partial charge is 0.365 e. The zero-order chi connectivity index (χ0) is 17.4. The summed E-state index contributed by atoms with van der Waals surface area (Å²) in [5.74, 6) is -0.806. The molecule has 124 valence electrons. The molecule has 0 saturated carbocycles. The second kappa shape index (κ2) is 6.00. The minimum Gasteiger partial charge on any atom is -0.365 e. The van der Waals surface area contributed by atoms with Gasteiger partial charge in [-0.1, -0.05) is 5.16 Å². The number of rotatable bonds is 4. The Hall–Kier alpha value is -2.81. The van der Waals surface area contributed by atoms with E-state index in [1.807, 2.05) is 0 Å². The van der Waals surface area contributed by atoms with Crippen LogP contribution in [0.3, 0.4) is 0 Å². The molecular formula is C15H15N5O3S. The lowest BCUT2D eigenvalue weighted by atomic mass is 10.1. The summed E-state index contributed by atoms with van der Waals surface area (Å²) in [4.78, 5) is 32.7. The molecule has 0 aliphatic rings. The van der Waals surface area contributed by atoms with Gasteiger partial charge < -0.3 is 15.6 Å². The van der Waals surface area contributed by atoms with Crippen molar-refractivity contribution in [2.75, 3.05) is 0 Å². The molecule has 3 aromatic heterocycles. The van der Waals surface area contributed by atoms with Crippen molar-refractivity contribution in [1.82, 2.24) is 20.4 Å².